The quantitative estimate of drug-likeness (QED) is 0.749. The summed E-state index contributed by atoms with van der Waals surface area (Å²) < 4.78 is 11.1. The zero-order valence-electron chi connectivity index (χ0n) is 17.2. The van der Waals surface area contributed by atoms with Crippen LogP contribution in [0.5, 0.6) is 11.5 Å². The second-order valence-electron chi connectivity index (χ2n) is 7.98. The van der Waals surface area contributed by atoms with Crippen molar-refractivity contribution in [3.63, 3.8) is 0 Å². The van der Waals surface area contributed by atoms with Crippen molar-refractivity contribution in [1.29, 1.82) is 0 Å². The van der Waals surface area contributed by atoms with E-state index in [1.54, 1.807) is 14.2 Å². The first kappa shape index (κ1) is 19.1. The summed E-state index contributed by atoms with van der Waals surface area (Å²) in [6.07, 6.45) is 11.4. The van der Waals surface area contributed by atoms with E-state index in [1.165, 1.54) is 57.8 Å². The monoisotopic (exact) mass is 384 g/mol. The highest BCUT2D eigenvalue weighted by molar-refractivity contribution is 5.93. The van der Waals surface area contributed by atoms with Crippen LogP contribution in [0, 0.1) is 0 Å². The van der Waals surface area contributed by atoms with Gasteiger partial charge in [-0.1, -0.05) is 25.7 Å². The van der Waals surface area contributed by atoms with E-state index in [0.29, 0.717) is 17.5 Å². The molecule has 1 saturated heterocycles. The van der Waals surface area contributed by atoms with Crippen LogP contribution in [-0.4, -0.2) is 43.3 Å². The summed E-state index contributed by atoms with van der Waals surface area (Å²) >= 11 is 0. The maximum absolute atomic E-state index is 5.54. The molecule has 1 N–H and O–H groups in total. The lowest BCUT2D eigenvalue weighted by Gasteiger charge is -2.28. The van der Waals surface area contributed by atoms with Crippen LogP contribution < -0.4 is 19.7 Å². The van der Waals surface area contributed by atoms with Crippen molar-refractivity contribution in [2.24, 2.45) is 0 Å². The van der Waals surface area contributed by atoms with Gasteiger partial charge in [-0.3, -0.25) is 0 Å². The standard InChI is InChI=1S/C22H32N4O2/c1-27-19-14-17-18(15-20(19)28-2)24-22(26-12-8-5-9-13-26)25-21(17)23-16-10-6-3-4-7-11-16/h14-16H,3-13H2,1-2H3,(H,23,24,25). The molecule has 6 nitrogen and oxygen atoms in total. The lowest BCUT2D eigenvalue weighted by Crippen LogP contribution is -2.31. The molecule has 4 rings (SSSR count). The predicted octanol–water partition coefficient (Wildman–Crippen LogP) is 4.77. The molecule has 2 aromatic rings. The molecule has 0 unspecified atom stereocenters. The van der Waals surface area contributed by atoms with E-state index in [-0.39, 0.29) is 0 Å². The van der Waals surface area contributed by atoms with Crippen molar-refractivity contribution in [2.75, 3.05) is 37.5 Å². The number of nitrogens with zero attached hydrogens (tertiary/aromatic N) is 3. The third-order valence-corrected chi connectivity index (χ3v) is 6.02. The Hall–Kier alpha value is -2.24. The molecule has 1 aliphatic carbocycles. The second-order valence-corrected chi connectivity index (χ2v) is 7.98. The number of rotatable bonds is 5. The molecule has 0 radical (unpaired) electrons. The Morgan fingerprint density at radius 2 is 1.50 bits per heavy atom. The lowest BCUT2D eigenvalue weighted by molar-refractivity contribution is 0.356. The number of aromatic nitrogens is 2. The Kier molecular flexibility index (Phi) is 6.03. The van der Waals surface area contributed by atoms with Crippen LogP contribution in [0.15, 0.2) is 12.1 Å². The molecule has 0 bridgehead atoms. The number of benzene rings is 1. The minimum absolute atomic E-state index is 0.475. The van der Waals surface area contributed by atoms with Gasteiger partial charge in [-0.2, -0.15) is 4.98 Å². The van der Waals surface area contributed by atoms with Crippen LogP contribution in [0.1, 0.15) is 57.8 Å². The van der Waals surface area contributed by atoms with Crippen molar-refractivity contribution in [3.8, 4) is 11.5 Å². The smallest absolute Gasteiger partial charge is 0.227 e. The Bertz CT molecular complexity index is 797. The number of ether oxygens (including phenoxy) is 2. The molecule has 2 heterocycles. The van der Waals surface area contributed by atoms with Crippen molar-refractivity contribution >= 4 is 22.7 Å². The normalized spacial score (nSPS) is 18.7. The van der Waals surface area contributed by atoms with E-state index >= 15 is 0 Å². The van der Waals surface area contributed by atoms with Crippen LogP contribution in [-0.2, 0) is 0 Å². The molecular weight excluding hydrogens is 352 g/mol. The summed E-state index contributed by atoms with van der Waals surface area (Å²) in [7, 11) is 3.34. The van der Waals surface area contributed by atoms with Gasteiger partial charge >= 0.3 is 0 Å². The third-order valence-electron chi connectivity index (χ3n) is 6.02. The molecular formula is C22H32N4O2. The van der Waals surface area contributed by atoms with E-state index in [4.69, 9.17) is 19.4 Å². The molecule has 2 aliphatic rings. The molecule has 1 aromatic carbocycles. The number of hydrogen-bond donors (Lipinski definition) is 1. The van der Waals surface area contributed by atoms with E-state index in [0.717, 1.165) is 35.8 Å². The number of piperidine rings is 1. The van der Waals surface area contributed by atoms with E-state index in [2.05, 4.69) is 10.2 Å². The molecule has 152 valence electrons. The highest BCUT2D eigenvalue weighted by atomic mass is 16.5. The SMILES string of the molecule is COc1cc2nc(N3CCCCC3)nc(NC3CCCCCC3)c2cc1OC. The van der Waals surface area contributed by atoms with Gasteiger partial charge in [0.25, 0.3) is 0 Å². The predicted molar refractivity (Wildman–Crippen MR) is 114 cm³/mol. The van der Waals surface area contributed by atoms with Crippen molar-refractivity contribution in [2.45, 2.75) is 63.8 Å². The summed E-state index contributed by atoms with van der Waals surface area (Å²) in [5.74, 6) is 3.18. The molecule has 2 fully saturated rings. The Morgan fingerprint density at radius 3 is 2.18 bits per heavy atom. The maximum atomic E-state index is 5.54. The molecule has 28 heavy (non-hydrogen) atoms. The molecule has 6 heteroatoms. The molecule has 0 spiro atoms. The van der Waals surface area contributed by atoms with Gasteiger partial charge in [0.15, 0.2) is 11.5 Å². The second kappa shape index (κ2) is 8.84. The largest absolute Gasteiger partial charge is 0.493 e. The summed E-state index contributed by atoms with van der Waals surface area (Å²) in [6.45, 7) is 2.06. The highest BCUT2D eigenvalue weighted by Crippen LogP contribution is 2.36. The first-order chi connectivity index (χ1) is 13.8. The van der Waals surface area contributed by atoms with Crippen LogP contribution in [0.4, 0.5) is 11.8 Å². The summed E-state index contributed by atoms with van der Waals surface area (Å²) in [6, 6.07) is 4.46. The summed E-state index contributed by atoms with van der Waals surface area (Å²) in [4.78, 5) is 12.2. The molecule has 1 aromatic heterocycles. The summed E-state index contributed by atoms with van der Waals surface area (Å²) in [5, 5.41) is 4.76. The fraction of sp³-hybridized carbons (Fsp3) is 0.636. The average Bonchev–Trinajstić information content (AvgIpc) is 3.02. The van der Waals surface area contributed by atoms with Gasteiger partial charge in [0.1, 0.15) is 5.82 Å². The highest BCUT2D eigenvalue weighted by Gasteiger charge is 2.20. The molecule has 1 saturated carbocycles. The van der Waals surface area contributed by atoms with Crippen molar-refractivity contribution in [3.05, 3.63) is 12.1 Å². The number of anilines is 2. The molecule has 0 atom stereocenters. The maximum Gasteiger partial charge on any atom is 0.227 e. The van der Waals surface area contributed by atoms with Crippen LogP contribution in [0.25, 0.3) is 10.9 Å². The number of fused-ring (bicyclic) bond motifs is 1. The van der Waals surface area contributed by atoms with E-state index in [9.17, 15) is 0 Å². The van der Waals surface area contributed by atoms with E-state index in [1.807, 2.05) is 12.1 Å². The first-order valence-corrected chi connectivity index (χ1v) is 10.7. The van der Waals surface area contributed by atoms with Crippen LogP contribution in [0.3, 0.4) is 0 Å². The average molecular weight is 385 g/mol. The van der Waals surface area contributed by atoms with Gasteiger partial charge in [0.05, 0.1) is 19.7 Å². The Labute approximate surface area is 167 Å². The molecule has 1 aliphatic heterocycles. The first-order valence-electron chi connectivity index (χ1n) is 10.7. The van der Waals surface area contributed by atoms with Gasteiger partial charge in [-0.15, -0.1) is 0 Å². The summed E-state index contributed by atoms with van der Waals surface area (Å²) in [5.41, 5.74) is 0.907. The van der Waals surface area contributed by atoms with Gasteiger partial charge in [0, 0.05) is 30.6 Å². The fourth-order valence-corrected chi connectivity index (χ4v) is 4.41. The van der Waals surface area contributed by atoms with Crippen LogP contribution >= 0.6 is 0 Å². The third kappa shape index (κ3) is 4.10. The zero-order valence-corrected chi connectivity index (χ0v) is 17.2. The van der Waals surface area contributed by atoms with Crippen LogP contribution in [0.2, 0.25) is 0 Å². The number of nitrogens with one attached hydrogen (secondary N) is 1. The topological polar surface area (TPSA) is 59.5 Å². The van der Waals surface area contributed by atoms with Gasteiger partial charge in [0.2, 0.25) is 5.95 Å². The molecule has 0 amide bonds. The minimum atomic E-state index is 0.475. The zero-order chi connectivity index (χ0) is 19.3. The minimum Gasteiger partial charge on any atom is -0.493 e. The van der Waals surface area contributed by atoms with E-state index < -0.39 is 0 Å². The Morgan fingerprint density at radius 1 is 0.857 bits per heavy atom. The van der Waals surface area contributed by atoms with Crippen molar-refractivity contribution in [1.82, 2.24) is 9.97 Å². The lowest BCUT2D eigenvalue weighted by atomic mass is 10.1. The van der Waals surface area contributed by atoms with Crippen molar-refractivity contribution < 1.29 is 9.47 Å². The number of methoxy groups -OCH3 is 2. The van der Waals surface area contributed by atoms with Gasteiger partial charge < -0.3 is 19.7 Å². The van der Waals surface area contributed by atoms with Gasteiger partial charge in [-0.05, 0) is 38.2 Å². The number of hydrogen-bond acceptors (Lipinski definition) is 6. The fourth-order valence-electron chi connectivity index (χ4n) is 4.41. The van der Waals surface area contributed by atoms with Gasteiger partial charge in [-0.25, -0.2) is 4.98 Å². The Balaban J connectivity index is 1.76.